The van der Waals surface area contributed by atoms with Crippen LogP contribution in [0.15, 0.2) is 18.2 Å². The molecule has 1 aromatic rings. The van der Waals surface area contributed by atoms with Crippen LogP contribution in [0.25, 0.3) is 0 Å². The molecule has 33 heavy (non-hydrogen) atoms. The number of ether oxygens (including phenoxy) is 1. The van der Waals surface area contributed by atoms with Gasteiger partial charge in [-0.05, 0) is 44.9 Å². The molecule has 0 bridgehead atoms. The Labute approximate surface area is 201 Å². The Balaban J connectivity index is 1.71. The SMILES string of the molecule is CC(C)CNC(=O)c1ccc(NC(=O)NCCN2CCN(C(=O)OC(C)(C)C)CC2)cc1Cl. The van der Waals surface area contributed by atoms with Crippen molar-refractivity contribution in [1.29, 1.82) is 0 Å². The highest BCUT2D eigenvalue weighted by atomic mass is 35.5. The number of benzene rings is 1. The maximum absolute atomic E-state index is 12.2. The third-order valence-corrected chi connectivity index (χ3v) is 5.19. The predicted molar refractivity (Wildman–Crippen MR) is 130 cm³/mol. The van der Waals surface area contributed by atoms with Crippen molar-refractivity contribution in [2.24, 2.45) is 5.92 Å². The van der Waals surface area contributed by atoms with Crippen molar-refractivity contribution >= 4 is 35.3 Å². The second-order valence-electron chi connectivity index (χ2n) is 9.49. The fourth-order valence-electron chi connectivity index (χ4n) is 3.15. The molecular weight excluding hydrogens is 446 g/mol. The van der Waals surface area contributed by atoms with E-state index in [1.807, 2.05) is 34.6 Å². The molecule has 1 saturated heterocycles. The molecule has 0 unspecified atom stereocenters. The average molecular weight is 482 g/mol. The fourth-order valence-corrected chi connectivity index (χ4v) is 3.42. The summed E-state index contributed by atoms with van der Waals surface area (Å²) in [7, 11) is 0. The van der Waals surface area contributed by atoms with E-state index < -0.39 is 5.60 Å². The summed E-state index contributed by atoms with van der Waals surface area (Å²) in [6, 6.07) is 4.44. The molecule has 0 aromatic heterocycles. The van der Waals surface area contributed by atoms with Gasteiger partial charge in [-0.25, -0.2) is 9.59 Å². The molecular formula is C23H36ClN5O4. The average Bonchev–Trinajstić information content (AvgIpc) is 2.71. The fraction of sp³-hybridized carbons (Fsp3) is 0.609. The van der Waals surface area contributed by atoms with Crippen molar-refractivity contribution in [3.63, 3.8) is 0 Å². The summed E-state index contributed by atoms with van der Waals surface area (Å²) in [5.74, 6) is 0.0997. The smallest absolute Gasteiger partial charge is 0.410 e. The molecule has 1 aliphatic heterocycles. The molecule has 4 amide bonds. The number of rotatable bonds is 7. The van der Waals surface area contributed by atoms with Crippen LogP contribution >= 0.6 is 11.6 Å². The third-order valence-electron chi connectivity index (χ3n) is 4.88. The van der Waals surface area contributed by atoms with E-state index in [9.17, 15) is 14.4 Å². The van der Waals surface area contributed by atoms with Gasteiger partial charge in [0.25, 0.3) is 5.91 Å². The van der Waals surface area contributed by atoms with Crippen LogP contribution in [0.1, 0.15) is 45.0 Å². The zero-order valence-corrected chi connectivity index (χ0v) is 20.9. The largest absolute Gasteiger partial charge is 0.444 e. The Morgan fingerprint density at radius 3 is 2.33 bits per heavy atom. The van der Waals surface area contributed by atoms with Gasteiger partial charge in [0.1, 0.15) is 5.60 Å². The molecule has 184 valence electrons. The van der Waals surface area contributed by atoms with Crippen molar-refractivity contribution in [1.82, 2.24) is 20.4 Å². The van der Waals surface area contributed by atoms with E-state index >= 15 is 0 Å². The number of nitrogens with one attached hydrogen (secondary N) is 3. The molecule has 0 atom stereocenters. The van der Waals surface area contributed by atoms with Crippen LogP contribution in [0.4, 0.5) is 15.3 Å². The summed E-state index contributed by atoms with van der Waals surface area (Å²) >= 11 is 6.22. The van der Waals surface area contributed by atoms with Crippen LogP contribution in [-0.4, -0.2) is 79.2 Å². The van der Waals surface area contributed by atoms with Gasteiger partial charge in [0.2, 0.25) is 0 Å². The Bertz CT molecular complexity index is 833. The van der Waals surface area contributed by atoms with Gasteiger partial charge in [0.05, 0.1) is 10.6 Å². The summed E-state index contributed by atoms with van der Waals surface area (Å²) in [5.41, 5.74) is 0.369. The first kappa shape index (κ1) is 26.7. The number of hydrogen-bond donors (Lipinski definition) is 3. The van der Waals surface area contributed by atoms with Gasteiger partial charge in [-0.2, -0.15) is 0 Å². The van der Waals surface area contributed by atoms with E-state index in [0.717, 1.165) is 13.1 Å². The first-order valence-electron chi connectivity index (χ1n) is 11.3. The molecule has 1 heterocycles. The van der Waals surface area contributed by atoms with Gasteiger partial charge in [-0.1, -0.05) is 25.4 Å². The lowest BCUT2D eigenvalue weighted by Gasteiger charge is -2.35. The molecule has 2 rings (SSSR count). The van der Waals surface area contributed by atoms with Crippen LogP contribution < -0.4 is 16.0 Å². The summed E-state index contributed by atoms with van der Waals surface area (Å²) < 4.78 is 5.40. The number of halogens is 1. The van der Waals surface area contributed by atoms with Gasteiger partial charge in [0, 0.05) is 51.5 Å². The molecule has 0 aliphatic carbocycles. The maximum Gasteiger partial charge on any atom is 0.410 e. The quantitative estimate of drug-likeness (QED) is 0.553. The Morgan fingerprint density at radius 1 is 1.09 bits per heavy atom. The van der Waals surface area contributed by atoms with Crippen molar-refractivity contribution in [3.8, 4) is 0 Å². The highest BCUT2D eigenvalue weighted by Gasteiger charge is 2.25. The molecule has 3 N–H and O–H groups in total. The first-order valence-corrected chi connectivity index (χ1v) is 11.7. The number of carbonyl (C=O) groups is 3. The summed E-state index contributed by atoms with van der Waals surface area (Å²) in [6.45, 7) is 13.9. The van der Waals surface area contributed by atoms with E-state index in [1.54, 1.807) is 23.1 Å². The third kappa shape index (κ3) is 9.47. The van der Waals surface area contributed by atoms with Crippen molar-refractivity contribution in [3.05, 3.63) is 28.8 Å². The van der Waals surface area contributed by atoms with Crippen molar-refractivity contribution in [2.75, 3.05) is 51.1 Å². The molecule has 1 fully saturated rings. The minimum absolute atomic E-state index is 0.239. The lowest BCUT2D eigenvalue weighted by Crippen LogP contribution is -2.51. The van der Waals surface area contributed by atoms with Gasteiger partial charge in [-0.3, -0.25) is 9.69 Å². The highest BCUT2D eigenvalue weighted by molar-refractivity contribution is 6.34. The topological polar surface area (TPSA) is 103 Å². The molecule has 10 heteroatoms. The zero-order chi connectivity index (χ0) is 24.6. The Morgan fingerprint density at radius 2 is 1.76 bits per heavy atom. The van der Waals surface area contributed by atoms with E-state index in [-0.39, 0.29) is 23.1 Å². The molecule has 1 aromatic carbocycles. The molecule has 0 spiro atoms. The zero-order valence-electron chi connectivity index (χ0n) is 20.2. The number of hydrogen-bond acceptors (Lipinski definition) is 5. The second-order valence-corrected chi connectivity index (χ2v) is 9.90. The predicted octanol–water partition coefficient (Wildman–Crippen LogP) is 3.40. The van der Waals surface area contributed by atoms with E-state index in [1.165, 1.54) is 0 Å². The monoisotopic (exact) mass is 481 g/mol. The molecule has 9 nitrogen and oxygen atoms in total. The Hall–Kier alpha value is -2.52. The summed E-state index contributed by atoms with van der Waals surface area (Å²) in [5, 5.41) is 8.64. The van der Waals surface area contributed by atoms with Crippen molar-refractivity contribution in [2.45, 2.75) is 40.2 Å². The number of nitrogens with zero attached hydrogens (tertiary/aromatic N) is 2. The second kappa shape index (κ2) is 12.1. The van der Waals surface area contributed by atoms with Crippen LogP contribution in [0.5, 0.6) is 0 Å². The van der Waals surface area contributed by atoms with Gasteiger partial charge in [-0.15, -0.1) is 0 Å². The van der Waals surface area contributed by atoms with Crippen LogP contribution in [0, 0.1) is 5.92 Å². The Kier molecular flexibility index (Phi) is 9.79. The van der Waals surface area contributed by atoms with Gasteiger partial charge < -0.3 is 25.6 Å². The number of urea groups is 1. The standard InChI is InChI=1S/C23H36ClN5O4/c1-16(2)15-26-20(30)18-7-6-17(14-19(18)24)27-21(31)25-8-9-28-10-12-29(13-11-28)22(32)33-23(3,4)5/h6-7,14,16H,8-13,15H2,1-5H3,(H,26,30)(H2,25,27,31). The lowest BCUT2D eigenvalue weighted by atomic mass is 10.1. The lowest BCUT2D eigenvalue weighted by molar-refractivity contribution is 0.0147. The maximum atomic E-state index is 12.2. The highest BCUT2D eigenvalue weighted by Crippen LogP contribution is 2.21. The molecule has 0 radical (unpaired) electrons. The summed E-state index contributed by atoms with van der Waals surface area (Å²) in [4.78, 5) is 40.4. The van der Waals surface area contributed by atoms with Gasteiger partial charge >= 0.3 is 12.1 Å². The first-order chi connectivity index (χ1) is 15.4. The van der Waals surface area contributed by atoms with Crippen LogP contribution in [-0.2, 0) is 4.74 Å². The molecule has 0 saturated carbocycles. The minimum atomic E-state index is -0.504. The minimum Gasteiger partial charge on any atom is -0.444 e. The normalized spacial score (nSPS) is 14.7. The van der Waals surface area contributed by atoms with E-state index in [4.69, 9.17) is 16.3 Å². The van der Waals surface area contributed by atoms with E-state index in [2.05, 4.69) is 20.9 Å². The van der Waals surface area contributed by atoms with Crippen molar-refractivity contribution < 1.29 is 19.1 Å². The number of piperazine rings is 1. The number of amides is 4. The van der Waals surface area contributed by atoms with E-state index in [0.29, 0.717) is 49.9 Å². The summed E-state index contributed by atoms with van der Waals surface area (Å²) in [6.07, 6.45) is -0.290. The van der Waals surface area contributed by atoms with Gasteiger partial charge in [0.15, 0.2) is 0 Å². The molecule has 1 aliphatic rings. The van der Waals surface area contributed by atoms with Crippen LogP contribution in [0.2, 0.25) is 5.02 Å². The number of anilines is 1. The number of carbonyl (C=O) groups excluding carboxylic acids is 3. The van der Waals surface area contributed by atoms with Crippen LogP contribution in [0.3, 0.4) is 0 Å².